The molecule has 0 unspecified atom stereocenters. The lowest BCUT2D eigenvalue weighted by Gasteiger charge is -2.36. The summed E-state index contributed by atoms with van der Waals surface area (Å²) in [4.78, 5) is 11.2. The summed E-state index contributed by atoms with van der Waals surface area (Å²) >= 11 is 0. The van der Waals surface area contributed by atoms with Crippen molar-refractivity contribution < 1.29 is 23.8 Å². The van der Waals surface area contributed by atoms with Crippen LogP contribution in [0.4, 0.5) is 4.39 Å². The quantitative estimate of drug-likeness (QED) is 0.722. The number of halogens is 1. The van der Waals surface area contributed by atoms with Crippen LogP contribution in [0.3, 0.4) is 0 Å². The highest BCUT2D eigenvalue weighted by molar-refractivity contribution is 5.95. The Balaban J connectivity index is 2.81. The van der Waals surface area contributed by atoms with E-state index in [1.54, 1.807) is 19.1 Å². The van der Waals surface area contributed by atoms with Crippen LogP contribution >= 0.6 is 0 Å². The fourth-order valence-corrected chi connectivity index (χ4v) is 3.21. The summed E-state index contributed by atoms with van der Waals surface area (Å²) in [5, 5.41) is 9.09. The molecule has 0 bridgehead atoms. The predicted octanol–water partition coefficient (Wildman–Crippen LogP) is 5.47. The van der Waals surface area contributed by atoms with Gasteiger partial charge in [0.25, 0.3) is 0 Å². The molecule has 0 aromatic heterocycles. The van der Waals surface area contributed by atoms with E-state index in [1.807, 2.05) is 13.8 Å². The minimum Gasteiger partial charge on any atom is -0.496 e. The van der Waals surface area contributed by atoms with E-state index in [2.05, 4.69) is 26.8 Å². The first kappa shape index (κ1) is 20.0. The molecule has 5 heteroatoms. The zero-order valence-corrected chi connectivity index (χ0v) is 16.5. The molecule has 0 spiro atoms. The second kappa shape index (κ2) is 6.78. The number of hydrogen-bond donors (Lipinski definition) is 1. The second-order valence-corrected chi connectivity index (χ2v) is 8.01. The molecule has 0 saturated heterocycles. The third kappa shape index (κ3) is 3.76. The van der Waals surface area contributed by atoms with E-state index in [0.29, 0.717) is 17.1 Å². The Labute approximate surface area is 154 Å². The lowest BCUT2D eigenvalue weighted by molar-refractivity contribution is -0.134. The van der Waals surface area contributed by atoms with Crippen LogP contribution < -0.4 is 9.47 Å². The maximum atomic E-state index is 14.3. The van der Waals surface area contributed by atoms with Crippen molar-refractivity contribution in [1.82, 2.24) is 0 Å². The number of ether oxygens (including phenoxy) is 2. The number of allylic oxidation sites excluding steroid dienone is 2. The largest absolute Gasteiger partial charge is 0.496 e. The third-order valence-electron chi connectivity index (χ3n) is 4.40. The summed E-state index contributed by atoms with van der Waals surface area (Å²) in [6.07, 6.45) is 2.29. The molecule has 142 valence electrons. The average molecular weight is 362 g/mol. The van der Waals surface area contributed by atoms with Gasteiger partial charge in [0.05, 0.1) is 7.11 Å². The van der Waals surface area contributed by atoms with Gasteiger partial charge in [-0.25, -0.2) is 4.79 Å². The first-order chi connectivity index (χ1) is 11.9. The monoisotopic (exact) mass is 362 g/mol. The van der Waals surface area contributed by atoms with Gasteiger partial charge in [0, 0.05) is 22.8 Å². The molecule has 2 rings (SSSR count). The summed E-state index contributed by atoms with van der Waals surface area (Å²) in [6, 6.07) is 3.50. The first-order valence-corrected chi connectivity index (χ1v) is 8.68. The van der Waals surface area contributed by atoms with Gasteiger partial charge in [-0.3, -0.25) is 0 Å². The van der Waals surface area contributed by atoms with Crippen LogP contribution in [0.25, 0.3) is 11.1 Å². The Kier molecular flexibility index (Phi) is 5.22. The molecule has 0 amide bonds. The van der Waals surface area contributed by atoms with Crippen molar-refractivity contribution in [2.45, 2.75) is 53.6 Å². The van der Waals surface area contributed by atoms with E-state index in [0.717, 1.165) is 11.1 Å². The minimum atomic E-state index is -1.58. The van der Waals surface area contributed by atoms with Crippen molar-refractivity contribution in [2.24, 2.45) is 5.41 Å². The standard InChI is InChI=1S/C21H27FO4/c1-8-12(18(22)19(23)24)13-9-14-15(20(2,3)4)11-21(5,6)26-17(14)10-16(13)25-7/h9-11H,8H2,1-7H3,(H,23,24). The molecule has 4 nitrogen and oxygen atoms in total. The molecule has 1 aromatic carbocycles. The minimum absolute atomic E-state index is 0.107. The molecule has 0 fully saturated rings. The third-order valence-corrected chi connectivity index (χ3v) is 4.40. The number of rotatable bonds is 4. The molecule has 1 aromatic rings. The molecule has 1 heterocycles. The molecule has 0 radical (unpaired) electrons. The van der Waals surface area contributed by atoms with Crippen LogP contribution in [0.5, 0.6) is 11.5 Å². The van der Waals surface area contributed by atoms with Crippen LogP contribution in [0, 0.1) is 5.41 Å². The molecule has 0 aliphatic carbocycles. The highest BCUT2D eigenvalue weighted by atomic mass is 19.1. The molecule has 0 atom stereocenters. The maximum Gasteiger partial charge on any atom is 0.365 e. The van der Waals surface area contributed by atoms with Gasteiger partial charge in [0.1, 0.15) is 17.1 Å². The molecule has 0 saturated carbocycles. The van der Waals surface area contributed by atoms with E-state index >= 15 is 0 Å². The summed E-state index contributed by atoms with van der Waals surface area (Å²) in [5.74, 6) is -1.70. The Morgan fingerprint density at radius 3 is 2.38 bits per heavy atom. The lowest BCUT2D eigenvalue weighted by Crippen LogP contribution is -2.31. The molecule has 1 N–H and O–H groups in total. The van der Waals surface area contributed by atoms with Gasteiger partial charge in [-0.05, 0) is 43.4 Å². The van der Waals surface area contributed by atoms with Gasteiger partial charge in [0.15, 0.2) is 0 Å². The van der Waals surface area contributed by atoms with Crippen molar-refractivity contribution in [3.05, 3.63) is 35.2 Å². The van der Waals surface area contributed by atoms with Gasteiger partial charge < -0.3 is 14.6 Å². The van der Waals surface area contributed by atoms with Crippen molar-refractivity contribution in [1.29, 1.82) is 0 Å². The lowest BCUT2D eigenvalue weighted by atomic mass is 9.77. The summed E-state index contributed by atoms with van der Waals surface area (Å²) in [7, 11) is 1.48. The van der Waals surface area contributed by atoms with Gasteiger partial charge in [-0.15, -0.1) is 0 Å². The number of carbonyl (C=O) groups is 1. The molecule has 1 aliphatic heterocycles. The number of methoxy groups -OCH3 is 1. The molecular weight excluding hydrogens is 335 g/mol. The zero-order valence-electron chi connectivity index (χ0n) is 16.5. The Bertz CT molecular complexity index is 795. The smallest absolute Gasteiger partial charge is 0.365 e. The van der Waals surface area contributed by atoms with E-state index in [9.17, 15) is 9.18 Å². The SMILES string of the molecule is CCC(=C(F)C(=O)O)c1cc2c(cc1OC)OC(C)(C)C=C2C(C)(C)C. The van der Waals surface area contributed by atoms with Crippen LogP contribution in [0.15, 0.2) is 24.0 Å². The Morgan fingerprint density at radius 1 is 1.31 bits per heavy atom. The number of benzene rings is 1. The second-order valence-electron chi connectivity index (χ2n) is 8.01. The number of fused-ring (bicyclic) bond motifs is 1. The molecule has 1 aliphatic rings. The number of aliphatic carboxylic acids is 1. The highest BCUT2D eigenvalue weighted by Crippen LogP contribution is 2.48. The molecular formula is C21H27FO4. The van der Waals surface area contributed by atoms with E-state index < -0.39 is 17.4 Å². The average Bonchev–Trinajstić information content (AvgIpc) is 2.52. The fraction of sp³-hybridized carbons (Fsp3) is 0.476. The van der Waals surface area contributed by atoms with Crippen molar-refractivity contribution in [3.8, 4) is 11.5 Å². The normalized spacial score (nSPS) is 16.8. The van der Waals surface area contributed by atoms with Crippen molar-refractivity contribution in [3.63, 3.8) is 0 Å². The van der Waals surface area contributed by atoms with Gasteiger partial charge in [-0.1, -0.05) is 27.7 Å². The highest BCUT2D eigenvalue weighted by Gasteiger charge is 2.33. The number of carboxylic acids is 1. The van der Waals surface area contributed by atoms with Crippen LogP contribution in [0.1, 0.15) is 59.1 Å². The predicted molar refractivity (Wildman–Crippen MR) is 101 cm³/mol. The van der Waals surface area contributed by atoms with Crippen LogP contribution in [-0.2, 0) is 4.79 Å². The summed E-state index contributed by atoms with van der Waals surface area (Å²) in [6.45, 7) is 12.0. The van der Waals surface area contributed by atoms with E-state index in [1.165, 1.54) is 7.11 Å². The first-order valence-electron chi connectivity index (χ1n) is 8.68. The number of carboxylic acid groups (broad SMARTS) is 1. The van der Waals surface area contributed by atoms with E-state index in [4.69, 9.17) is 14.6 Å². The van der Waals surface area contributed by atoms with E-state index in [-0.39, 0.29) is 17.4 Å². The summed E-state index contributed by atoms with van der Waals surface area (Å²) in [5.41, 5.74) is 1.79. The van der Waals surface area contributed by atoms with Gasteiger partial charge in [-0.2, -0.15) is 4.39 Å². The van der Waals surface area contributed by atoms with Crippen LogP contribution in [0.2, 0.25) is 0 Å². The Morgan fingerprint density at radius 2 is 1.92 bits per heavy atom. The van der Waals surface area contributed by atoms with Gasteiger partial charge >= 0.3 is 5.97 Å². The maximum absolute atomic E-state index is 14.3. The topological polar surface area (TPSA) is 55.8 Å². The number of hydrogen-bond acceptors (Lipinski definition) is 3. The Hall–Kier alpha value is -2.30. The summed E-state index contributed by atoms with van der Waals surface area (Å²) < 4.78 is 25.8. The van der Waals surface area contributed by atoms with Crippen molar-refractivity contribution in [2.75, 3.05) is 7.11 Å². The molecule has 26 heavy (non-hydrogen) atoms. The fourth-order valence-electron chi connectivity index (χ4n) is 3.21. The van der Waals surface area contributed by atoms with Crippen LogP contribution in [-0.4, -0.2) is 23.8 Å². The van der Waals surface area contributed by atoms with Gasteiger partial charge in [0.2, 0.25) is 5.83 Å². The zero-order chi connectivity index (χ0) is 19.9. The van der Waals surface area contributed by atoms with Crippen molar-refractivity contribution >= 4 is 17.1 Å².